The molecule has 0 radical (unpaired) electrons. The zero-order valence-electron chi connectivity index (χ0n) is 12.6. The third-order valence-electron chi connectivity index (χ3n) is 3.68. The van der Waals surface area contributed by atoms with Crippen LogP contribution < -0.4 is 10.2 Å². The molecule has 2 heterocycles. The van der Waals surface area contributed by atoms with E-state index in [0.29, 0.717) is 18.9 Å². The molecule has 1 fully saturated rings. The maximum absolute atomic E-state index is 11.7. The van der Waals surface area contributed by atoms with Crippen LogP contribution in [0, 0.1) is 5.92 Å². The summed E-state index contributed by atoms with van der Waals surface area (Å²) in [7, 11) is 0. The Kier molecular flexibility index (Phi) is 5.39. The Morgan fingerprint density at radius 3 is 2.70 bits per heavy atom. The van der Waals surface area contributed by atoms with Crippen molar-refractivity contribution in [2.75, 3.05) is 18.0 Å². The van der Waals surface area contributed by atoms with Crippen LogP contribution in [0.2, 0.25) is 0 Å². The smallest absolute Gasteiger partial charge is 0.220 e. The van der Waals surface area contributed by atoms with Crippen molar-refractivity contribution in [1.82, 2.24) is 10.3 Å². The van der Waals surface area contributed by atoms with Crippen LogP contribution in [0.3, 0.4) is 0 Å². The van der Waals surface area contributed by atoms with Gasteiger partial charge in [0.05, 0.1) is 0 Å². The molecule has 1 saturated heterocycles. The van der Waals surface area contributed by atoms with Gasteiger partial charge in [-0.05, 0) is 36.8 Å². The fourth-order valence-electron chi connectivity index (χ4n) is 2.36. The van der Waals surface area contributed by atoms with Gasteiger partial charge in [-0.15, -0.1) is 0 Å². The lowest BCUT2D eigenvalue weighted by atomic mass is 10.1. The van der Waals surface area contributed by atoms with E-state index in [4.69, 9.17) is 0 Å². The number of pyridine rings is 1. The van der Waals surface area contributed by atoms with E-state index in [0.717, 1.165) is 30.9 Å². The largest absolute Gasteiger partial charge is 0.357 e. The molecule has 1 amide bonds. The first-order chi connectivity index (χ1) is 9.65. The summed E-state index contributed by atoms with van der Waals surface area (Å²) in [5.74, 6) is 1.75. The Balaban J connectivity index is 1.77. The number of anilines is 1. The van der Waals surface area contributed by atoms with Crippen LogP contribution in [0.25, 0.3) is 0 Å². The van der Waals surface area contributed by atoms with Gasteiger partial charge in [-0.1, -0.05) is 19.9 Å². The summed E-state index contributed by atoms with van der Waals surface area (Å²) < 4.78 is 0. The molecule has 0 aromatic carbocycles. The van der Waals surface area contributed by atoms with Gasteiger partial charge in [-0.3, -0.25) is 4.79 Å². The highest BCUT2D eigenvalue weighted by molar-refractivity contribution is 5.75. The average molecular weight is 275 g/mol. The highest BCUT2D eigenvalue weighted by Crippen LogP contribution is 2.17. The SMILES string of the molecule is CC(C)CCC(=O)NCc1ccc(N2CCCC2)nc1. The molecule has 0 atom stereocenters. The summed E-state index contributed by atoms with van der Waals surface area (Å²) in [5, 5.41) is 2.95. The van der Waals surface area contributed by atoms with Crippen LogP contribution in [0.5, 0.6) is 0 Å². The molecule has 1 aromatic heterocycles. The molecule has 0 aliphatic carbocycles. The predicted octanol–water partition coefficient (Wildman–Crippen LogP) is 2.73. The van der Waals surface area contributed by atoms with Crippen molar-refractivity contribution in [2.24, 2.45) is 5.92 Å². The molecule has 0 unspecified atom stereocenters. The van der Waals surface area contributed by atoms with Gasteiger partial charge in [-0.2, -0.15) is 0 Å². The molecule has 110 valence electrons. The zero-order valence-corrected chi connectivity index (χ0v) is 12.6. The second-order valence-electron chi connectivity index (χ2n) is 5.93. The lowest BCUT2D eigenvalue weighted by molar-refractivity contribution is -0.121. The molecule has 1 aromatic rings. The van der Waals surface area contributed by atoms with Crippen molar-refractivity contribution in [3.05, 3.63) is 23.9 Å². The molecule has 4 nitrogen and oxygen atoms in total. The van der Waals surface area contributed by atoms with E-state index in [1.165, 1.54) is 12.8 Å². The van der Waals surface area contributed by atoms with Gasteiger partial charge in [0, 0.05) is 32.3 Å². The summed E-state index contributed by atoms with van der Waals surface area (Å²) in [4.78, 5) is 18.5. The van der Waals surface area contributed by atoms with E-state index in [1.807, 2.05) is 6.20 Å². The molecule has 0 saturated carbocycles. The molecule has 0 spiro atoms. The average Bonchev–Trinajstić information content (AvgIpc) is 2.97. The van der Waals surface area contributed by atoms with E-state index < -0.39 is 0 Å². The van der Waals surface area contributed by atoms with E-state index in [2.05, 4.69) is 41.2 Å². The second-order valence-corrected chi connectivity index (χ2v) is 5.93. The lowest BCUT2D eigenvalue weighted by Crippen LogP contribution is -2.23. The van der Waals surface area contributed by atoms with Gasteiger partial charge >= 0.3 is 0 Å². The zero-order chi connectivity index (χ0) is 14.4. The minimum absolute atomic E-state index is 0.127. The first-order valence-electron chi connectivity index (χ1n) is 7.61. The Labute approximate surface area is 121 Å². The molecule has 1 N–H and O–H groups in total. The third kappa shape index (κ3) is 4.51. The second kappa shape index (κ2) is 7.27. The first-order valence-corrected chi connectivity index (χ1v) is 7.61. The monoisotopic (exact) mass is 275 g/mol. The topological polar surface area (TPSA) is 45.2 Å². The number of hydrogen-bond donors (Lipinski definition) is 1. The van der Waals surface area contributed by atoms with Crippen molar-refractivity contribution >= 4 is 11.7 Å². The maximum atomic E-state index is 11.7. The molecular weight excluding hydrogens is 250 g/mol. The summed E-state index contributed by atoms with van der Waals surface area (Å²) in [6.07, 6.45) is 5.94. The van der Waals surface area contributed by atoms with Crippen LogP contribution >= 0.6 is 0 Å². The number of nitrogens with one attached hydrogen (secondary N) is 1. The molecule has 1 aliphatic heterocycles. The number of nitrogens with zero attached hydrogens (tertiary/aromatic N) is 2. The maximum Gasteiger partial charge on any atom is 0.220 e. The molecule has 2 rings (SSSR count). The number of carbonyl (C=O) groups is 1. The van der Waals surface area contributed by atoms with Crippen LogP contribution in [-0.4, -0.2) is 24.0 Å². The molecule has 4 heteroatoms. The van der Waals surface area contributed by atoms with Crippen LogP contribution in [0.4, 0.5) is 5.82 Å². The fraction of sp³-hybridized carbons (Fsp3) is 0.625. The van der Waals surface area contributed by atoms with Crippen molar-refractivity contribution in [3.8, 4) is 0 Å². The molecule has 1 aliphatic rings. The van der Waals surface area contributed by atoms with Gasteiger partial charge in [-0.25, -0.2) is 4.98 Å². The number of rotatable bonds is 6. The number of hydrogen-bond acceptors (Lipinski definition) is 3. The van der Waals surface area contributed by atoms with Crippen LogP contribution in [0.1, 0.15) is 45.1 Å². The predicted molar refractivity (Wildman–Crippen MR) is 81.6 cm³/mol. The summed E-state index contributed by atoms with van der Waals surface area (Å²) in [6, 6.07) is 4.12. The molecule has 20 heavy (non-hydrogen) atoms. The summed E-state index contributed by atoms with van der Waals surface area (Å²) in [6.45, 7) is 7.06. The van der Waals surface area contributed by atoms with Gasteiger partial charge in [0.1, 0.15) is 5.82 Å². The van der Waals surface area contributed by atoms with E-state index in [-0.39, 0.29) is 5.91 Å². The van der Waals surface area contributed by atoms with E-state index in [1.54, 1.807) is 0 Å². The highest BCUT2D eigenvalue weighted by atomic mass is 16.1. The Hall–Kier alpha value is -1.58. The highest BCUT2D eigenvalue weighted by Gasteiger charge is 2.13. The standard InChI is InChI=1S/C16H25N3O/c1-13(2)5-8-16(20)18-12-14-6-7-15(17-11-14)19-9-3-4-10-19/h6-7,11,13H,3-5,8-10,12H2,1-2H3,(H,18,20). The van der Waals surface area contributed by atoms with Crippen molar-refractivity contribution < 1.29 is 4.79 Å². The van der Waals surface area contributed by atoms with E-state index >= 15 is 0 Å². The quantitative estimate of drug-likeness (QED) is 0.868. The normalized spacial score (nSPS) is 14.8. The number of carbonyl (C=O) groups excluding carboxylic acids is 1. The fourth-order valence-corrected chi connectivity index (χ4v) is 2.36. The minimum atomic E-state index is 0.127. The van der Waals surface area contributed by atoms with Gasteiger partial charge in [0.25, 0.3) is 0 Å². The van der Waals surface area contributed by atoms with Crippen molar-refractivity contribution in [3.63, 3.8) is 0 Å². The Morgan fingerprint density at radius 2 is 2.10 bits per heavy atom. The lowest BCUT2D eigenvalue weighted by Gasteiger charge is -2.16. The molecule has 0 bridgehead atoms. The Morgan fingerprint density at radius 1 is 1.35 bits per heavy atom. The third-order valence-corrected chi connectivity index (χ3v) is 3.68. The van der Waals surface area contributed by atoms with E-state index in [9.17, 15) is 4.79 Å². The molecular formula is C16H25N3O. The van der Waals surface area contributed by atoms with Crippen molar-refractivity contribution in [1.29, 1.82) is 0 Å². The van der Waals surface area contributed by atoms with Gasteiger partial charge in [0.2, 0.25) is 5.91 Å². The first kappa shape index (κ1) is 14.8. The van der Waals surface area contributed by atoms with Gasteiger partial charge in [0.15, 0.2) is 0 Å². The van der Waals surface area contributed by atoms with Gasteiger partial charge < -0.3 is 10.2 Å². The number of amides is 1. The van der Waals surface area contributed by atoms with Crippen LogP contribution in [0.15, 0.2) is 18.3 Å². The number of aromatic nitrogens is 1. The summed E-state index contributed by atoms with van der Waals surface area (Å²) in [5.41, 5.74) is 1.06. The summed E-state index contributed by atoms with van der Waals surface area (Å²) >= 11 is 0. The Bertz CT molecular complexity index is 422. The minimum Gasteiger partial charge on any atom is -0.357 e. The van der Waals surface area contributed by atoms with Crippen LogP contribution in [-0.2, 0) is 11.3 Å². The van der Waals surface area contributed by atoms with Crippen molar-refractivity contribution in [2.45, 2.75) is 46.1 Å².